The molecule has 0 aromatic rings. The lowest BCUT2D eigenvalue weighted by Gasteiger charge is -2.22. The van der Waals surface area contributed by atoms with Crippen molar-refractivity contribution in [1.82, 2.24) is 0 Å². The molecule has 0 spiro atoms. The third kappa shape index (κ3) is 5.17. The summed E-state index contributed by atoms with van der Waals surface area (Å²) in [6.45, 7) is 1.36. The molecule has 13 heavy (non-hydrogen) atoms. The average Bonchev–Trinajstić information content (AvgIpc) is 2.15. The Morgan fingerprint density at radius 2 is 1.85 bits per heavy atom. The molecule has 0 aromatic carbocycles. The monoisotopic (exact) mass is 194 g/mol. The average molecular weight is 194 g/mol. The normalized spacial score (nSPS) is 18.2. The molecule has 3 atom stereocenters. The van der Waals surface area contributed by atoms with Crippen LogP contribution >= 0.6 is 0 Å². The molecule has 0 saturated heterocycles. The highest BCUT2D eigenvalue weighted by Gasteiger charge is 2.18. The molecule has 0 bridgehead atoms. The van der Waals surface area contributed by atoms with Crippen molar-refractivity contribution >= 4 is 0 Å². The lowest BCUT2D eigenvalue weighted by molar-refractivity contribution is -0.112. The Balaban J connectivity index is 3.78. The molecule has 0 rings (SSSR count). The number of ether oxygens (including phenoxy) is 2. The van der Waals surface area contributed by atoms with Crippen LogP contribution in [0.5, 0.6) is 0 Å². The van der Waals surface area contributed by atoms with Crippen molar-refractivity contribution in [3.8, 4) is 0 Å². The summed E-state index contributed by atoms with van der Waals surface area (Å²) in [6.07, 6.45) is -1.90. The first-order valence-electron chi connectivity index (χ1n) is 4.19. The molecule has 0 aliphatic rings. The van der Waals surface area contributed by atoms with Gasteiger partial charge in [-0.15, -0.1) is 0 Å². The van der Waals surface area contributed by atoms with Crippen molar-refractivity contribution in [3.63, 3.8) is 0 Å². The van der Waals surface area contributed by atoms with E-state index in [2.05, 4.69) is 0 Å². The summed E-state index contributed by atoms with van der Waals surface area (Å²) in [6, 6.07) is 0. The van der Waals surface area contributed by atoms with Gasteiger partial charge in [0.25, 0.3) is 0 Å². The predicted octanol–water partition coefficient (Wildman–Crippen LogP) is -1.25. The lowest BCUT2D eigenvalue weighted by atomic mass is 10.2. The van der Waals surface area contributed by atoms with Crippen LogP contribution < -0.4 is 0 Å². The van der Waals surface area contributed by atoms with Crippen LogP contribution in [-0.4, -0.2) is 60.6 Å². The Kier molecular flexibility index (Phi) is 7.12. The van der Waals surface area contributed by atoms with Crippen molar-refractivity contribution in [1.29, 1.82) is 0 Å². The third-order valence-corrected chi connectivity index (χ3v) is 1.69. The number of aliphatic hydroxyl groups is 3. The van der Waals surface area contributed by atoms with E-state index in [0.717, 1.165) is 0 Å². The molecule has 0 aliphatic heterocycles. The molecular weight excluding hydrogens is 176 g/mol. The molecule has 0 fully saturated rings. The molecule has 3 N–H and O–H groups in total. The van der Waals surface area contributed by atoms with Crippen LogP contribution in [0.15, 0.2) is 0 Å². The Hall–Kier alpha value is -0.200. The fourth-order valence-electron chi connectivity index (χ4n) is 0.864. The van der Waals surface area contributed by atoms with Crippen LogP contribution in [0.4, 0.5) is 0 Å². The summed E-state index contributed by atoms with van der Waals surface area (Å²) >= 11 is 0. The molecule has 0 aliphatic carbocycles. The highest BCUT2D eigenvalue weighted by Crippen LogP contribution is 2.03. The van der Waals surface area contributed by atoms with Gasteiger partial charge < -0.3 is 24.8 Å². The molecule has 0 radical (unpaired) electrons. The van der Waals surface area contributed by atoms with Crippen molar-refractivity contribution in [3.05, 3.63) is 0 Å². The fraction of sp³-hybridized carbons (Fsp3) is 1.00. The summed E-state index contributed by atoms with van der Waals surface area (Å²) < 4.78 is 9.99. The van der Waals surface area contributed by atoms with Gasteiger partial charge in [0.15, 0.2) is 0 Å². The third-order valence-electron chi connectivity index (χ3n) is 1.69. The zero-order valence-electron chi connectivity index (χ0n) is 8.01. The minimum absolute atomic E-state index is 0.170. The molecular formula is C8H18O5. The van der Waals surface area contributed by atoms with Gasteiger partial charge in [0, 0.05) is 7.11 Å². The smallest absolute Gasteiger partial charge is 0.104 e. The van der Waals surface area contributed by atoms with Gasteiger partial charge in [-0.05, 0) is 6.92 Å². The van der Waals surface area contributed by atoms with Gasteiger partial charge >= 0.3 is 0 Å². The van der Waals surface area contributed by atoms with E-state index in [1.807, 2.05) is 0 Å². The van der Waals surface area contributed by atoms with Crippen LogP contribution in [0.25, 0.3) is 0 Å². The van der Waals surface area contributed by atoms with Crippen molar-refractivity contribution < 1.29 is 24.8 Å². The quantitative estimate of drug-likeness (QED) is 0.472. The summed E-state index contributed by atoms with van der Waals surface area (Å²) in [4.78, 5) is 0. The zero-order valence-corrected chi connectivity index (χ0v) is 8.01. The minimum atomic E-state index is -0.925. The summed E-state index contributed by atoms with van der Waals surface area (Å²) in [5.41, 5.74) is 0. The fourth-order valence-corrected chi connectivity index (χ4v) is 0.864. The van der Waals surface area contributed by atoms with E-state index in [-0.39, 0.29) is 19.8 Å². The molecule has 1 unspecified atom stereocenters. The van der Waals surface area contributed by atoms with E-state index in [9.17, 15) is 0 Å². The Morgan fingerprint density at radius 1 is 1.23 bits per heavy atom. The van der Waals surface area contributed by atoms with Gasteiger partial charge in [-0.3, -0.25) is 0 Å². The van der Waals surface area contributed by atoms with Crippen molar-refractivity contribution in [2.45, 2.75) is 25.2 Å². The lowest BCUT2D eigenvalue weighted by Crippen LogP contribution is -2.36. The molecule has 0 amide bonds. The van der Waals surface area contributed by atoms with Gasteiger partial charge in [-0.1, -0.05) is 0 Å². The van der Waals surface area contributed by atoms with Gasteiger partial charge in [0.1, 0.15) is 12.2 Å². The van der Waals surface area contributed by atoms with E-state index in [4.69, 9.17) is 24.8 Å². The number of hydrogen-bond acceptors (Lipinski definition) is 5. The first-order valence-corrected chi connectivity index (χ1v) is 4.19. The highest BCUT2D eigenvalue weighted by atomic mass is 16.5. The Labute approximate surface area is 77.9 Å². The van der Waals surface area contributed by atoms with Gasteiger partial charge in [-0.25, -0.2) is 0 Å². The summed E-state index contributed by atoms with van der Waals surface area (Å²) in [7, 11) is 1.50. The number of methoxy groups -OCH3 is 1. The number of hydrogen-bond donors (Lipinski definition) is 3. The maximum Gasteiger partial charge on any atom is 0.104 e. The van der Waals surface area contributed by atoms with E-state index >= 15 is 0 Å². The number of rotatable bonds is 7. The first kappa shape index (κ1) is 12.8. The molecule has 0 aromatic heterocycles. The van der Waals surface area contributed by atoms with E-state index in [1.165, 1.54) is 7.11 Å². The Bertz CT molecular complexity index is 119. The molecule has 0 saturated carbocycles. The van der Waals surface area contributed by atoms with Crippen LogP contribution in [0.1, 0.15) is 6.92 Å². The molecule has 0 heterocycles. The van der Waals surface area contributed by atoms with Crippen molar-refractivity contribution in [2.75, 3.05) is 26.9 Å². The minimum Gasteiger partial charge on any atom is -0.394 e. The highest BCUT2D eigenvalue weighted by molar-refractivity contribution is 4.65. The number of aliphatic hydroxyl groups excluding tert-OH is 3. The van der Waals surface area contributed by atoms with E-state index in [1.54, 1.807) is 6.92 Å². The maximum atomic E-state index is 9.14. The predicted molar refractivity (Wildman–Crippen MR) is 46.4 cm³/mol. The van der Waals surface area contributed by atoms with Crippen LogP contribution in [0.2, 0.25) is 0 Å². The topological polar surface area (TPSA) is 79.2 Å². The maximum absolute atomic E-state index is 9.14. The molecule has 80 valence electrons. The van der Waals surface area contributed by atoms with Gasteiger partial charge in [0.05, 0.1) is 25.9 Å². The van der Waals surface area contributed by atoms with Crippen LogP contribution in [0, 0.1) is 0 Å². The van der Waals surface area contributed by atoms with Crippen LogP contribution in [-0.2, 0) is 9.47 Å². The second kappa shape index (κ2) is 7.23. The van der Waals surface area contributed by atoms with E-state index < -0.39 is 18.3 Å². The van der Waals surface area contributed by atoms with Gasteiger partial charge in [0.2, 0.25) is 0 Å². The second-order valence-electron chi connectivity index (χ2n) is 2.85. The van der Waals surface area contributed by atoms with Crippen molar-refractivity contribution in [2.24, 2.45) is 0 Å². The summed E-state index contributed by atoms with van der Waals surface area (Å²) in [5.74, 6) is 0. The second-order valence-corrected chi connectivity index (χ2v) is 2.85. The SMILES string of the molecule is COC[C@@H](CO)OC(C)[C@H](O)CO. The molecule has 5 heteroatoms. The Morgan fingerprint density at radius 3 is 2.23 bits per heavy atom. The molecule has 5 nitrogen and oxygen atoms in total. The van der Waals surface area contributed by atoms with Gasteiger partial charge in [-0.2, -0.15) is 0 Å². The van der Waals surface area contributed by atoms with Crippen LogP contribution in [0.3, 0.4) is 0 Å². The largest absolute Gasteiger partial charge is 0.394 e. The van der Waals surface area contributed by atoms with E-state index in [0.29, 0.717) is 0 Å². The standard InChI is InChI=1S/C8H18O5/c1-6(8(11)4-10)13-7(3-9)5-12-2/h6-11H,3-5H2,1-2H3/t6?,7-,8-/m1/s1. The first-order chi connectivity index (χ1) is 6.15. The summed E-state index contributed by atoms with van der Waals surface area (Å²) in [5, 5.41) is 26.5. The zero-order chi connectivity index (χ0) is 10.3.